The second-order valence-corrected chi connectivity index (χ2v) is 10.3. The minimum Gasteiger partial charge on any atom is -0.251 e. The first-order chi connectivity index (χ1) is 14.8. The highest BCUT2D eigenvalue weighted by atomic mass is 14.8. The van der Waals surface area contributed by atoms with Gasteiger partial charge in [-0.2, -0.15) is 0 Å². The number of fused-ring (bicyclic) bond motifs is 6. The molecule has 0 bridgehead atoms. The first kappa shape index (κ1) is 18.6. The molecule has 0 saturated carbocycles. The largest absolute Gasteiger partial charge is 0.251 e. The molecule has 0 heterocycles. The van der Waals surface area contributed by atoms with Crippen LogP contribution >= 0.6 is 0 Å². The zero-order chi connectivity index (χ0) is 21.4. The van der Waals surface area contributed by atoms with E-state index in [1.807, 2.05) is 0 Å². The lowest BCUT2D eigenvalue weighted by atomic mass is 9.80. The fourth-order valence-corrected chi connectivity index (χ4v) is 5.35. The van der Waals surface area contributed by atoms with E-state index < -0.39 is 0 Å². The molecule has 1 atom stereocenters. The molecule has 0 aliphatic heterocycles. The summed E-state index contributed by atoms with van der Waals surface area (Å²) in [5, 5.41) is 0. The Balaban J connectivity index is 1.59. The van der Waals surface area contributed by atoms with Crippen LogP contribution in [0.3, 0.4) is 0 Å². The zero-order valence-corrected chi connectivity index (χ0v) is 18.6. The fraction of sp³-hybridized carbons (Fsp3) is 0.233. The maximum absolute atomic E-state index is 5.43. The van der Waals surface area contributed by atoms with Gasteiger partial charge in [0.15, 0.2) is 0 Å². The van der Waals surface area contributed by atoms with Crippen molar-refractivity contribution in [3.8, 4) is 0 Å². The summed E-state index contributed by atoms with van der Waals surface area (Å²) in [6.07, 6.45) is 14.1. The van der Waals surface area contributed by atoms with Crippen LogP contribution in [0.25, 0.3) is 16.8 Å². The highest BCUT2D eigenvalue weighted by Crippen LogP contribution is 2.49. The van der Waals surface area contributed by atoms with Crippen molar-refractivity contribution < 1.29 is 0 Å². The van der Waals surface area contributed by atoms with E-state index in [0.717, 1.165) is 5.70 Å². The summed E-state index contributed by atoms with van der Waals surface area (Å²) in [5.74, 6) is 0.225. The Kier molecular flexibility index (Phi) is 3.69. The van der Waals surface area contributed by atoms with Crippen LogP contribution < -0.4 is 0 Å². The van der Waals surface area contributed by atoms with E-state index in [4.69, 9.17) is 4.99 Å². The highest BCUT2D eigenvalue weighted by Gasteiger charge is 2.37. The Labute approximate surface area is 184 Å². The summed E-state index contributed by atoms with van der Waals surface area (Å²) in [7, 11) is 0. The van der Waals surface area contributed by atoms with E-state index in [1.54, 1.807) is 0 Å². The van der Waals surface area contributed by atoms with Crippen molar-refractivity contribution in [3.63, 3.8) is 0 Å². The summed E-state index contributed by atoms with van der Waals surface area (Å²) >= 11 is 0. The van der Waals surface area contributed by atoms with E-state index in [9.17, 15) is 0 Å². The van der Waals surface area contributed by atoms with Gasteiger partial charge in [0.25, 0.3) is 0 Å². The normalized spacial score (nSPS) is 25.0. The maximum Gasteiger partial charge on any atom is 0.0790 e. The quantitative estimate of drug-likeness (QED) is 0.439. The lowest BCUT2D eigenvalue weighted by molar-refractivity contribution is 0.614. The van der Waals surface area contributed by atoms with Gasteiger partial charge in [-0.3, -0.25) is 4.99 Å². The van der Waals surface area contributed by atoms with Crippen LogP contribution in [0.4, 0.5) is 0 Å². The molecule has 6 rings (SSSR count). The minimum atomic E-state index is 0.0576. The standard InChI is InChI=1S/C30H27N/c1-29(2)15-13-23-25(17-29)19-9-5-7-11-21(19)27(23)31-28-22-12-8-6-10-20(22)26-18-30(3,4)16-14-24(26)28/h5-18,23H,1-4H3. The predicted molar refractivity (Wildman–Crippen MR) is 132 cm³/mol. The number of hydrogen-bond acceptors (Lipinski definition) is 1. The number of hydrogen-bond donors (Lipinski definition) is 0. The topological polar surface area (TPSA) is 12.4 Å². The molecule has 0 fully saturated rings. The molecule has 0 aromatic heterocycles. The van der Waals surface area contributed by atoms with Crippen molar-refractivity contribution in [2.24, 2.45) is 21.7 Å². The Hall–Kier alpha value is -3.19. The fourth-order valence-electron chi connectivity index (χ4n) is 5.35. The summed E-state index contributed by atoms with van der Waals surface area (Å²) < 4.78 is 0. The van der Waals surface area contributed by atoms with Crippen LogP contribution in [0.5, 0.6) is 0 Å². The second kappa shape index (κ2) is 6.17. The number of benzene rings is 2. The van der Waals surface area contributed by atoms with Gasteiger partial charge >= 0.3 is 0 Å². The second-order valence-electron chi connectivity index (χ2n) is 10.3. The highest BCUT2D eigenvalue weighted by molar-refractivity contribution is 6.20. The Morgan fingerprint density at radius 3 is 2.13 bits per heavy atom. The monoisotopic (exact) mass is 401 g/mol. The van der Waals surface area contributed by atoms with Crippen LogP contribution in [0, 0.1) is 16.7 Å². The third-order valence-electron chi connectivity index (χ3n) is 6.84. The number of rotatable bonds is 1. The van der Waals surface area contributed by atoms with Gasteiger partial charge in [0.05, 0.1) is 11.4 Å². The van der Waals surface area contributed by atoms with Gasteiger partial charge in [-0.05, 0) is 22.3 Å². The molecule has 2 aromatic carbocycles. The molecular weight excluding hydrogens is 374 g/mol. The van der Waals surface area contributed by atoms with E-state index in [2.05, 4.69) is 113 Å². The average Bonchev–Trinajstić information content (AvgIpc) is 3.20. The molecule has 4 aliphatic carbocycles. The molecule has 0 spiro atoms. The van der Waals surface area contributed by atoms with Gasteiger partial charge in [-0.1, -0.05) is 113 Å². The van der Waals surface area contributed by atoms with Crippen molar-refractivity contribution in [2.75, 3.05) is 0 Å². The molecule has 152 valence electrons. The lowest BCUT2D eigenvalue weighted by Crippen LogP contribution is -2.15. The first-order valence-electron chi connectivity index (χ1n) is 11.2. The minimum absolute atomic E-state index is 0.0576. The smallest absolute Gasteiger partial charge is 0.0790 e. The predicted octanol–water partition coefficient (Wildman–Crippen LogP) is 7.49. The first-order valence-corrected chi connectivity index (χ1v) is 11.2. The zero-order valence-electron chi connectivity index (χ0n) is 18.6. The summed E-state index contributed by atoms with van der Waals surface area (Å²) in [4.78, 5) is 5.43. The molecule has 31 heavy (non-hydrogen) atoms. The Morgan fingerprint density at radius 1 is 0.710 bits per heavy atom. The van der Waals surface area contributed by atoms with Crippen molar-refractivity contribution in [1.29, 1.82) is 0 Å². The molecule has 4 aliphatic rings. The van der Waals surface area contributed by atoms with Gasteiger partial charge in [-0.25, -0.2) is 0 Å². The van der Waals surface area contributed by atoms with Crippen LogP contribution in [-0.4, -0.2) is 5.71 Å². The number of allylic oxidation sites excluding steroid dienone is 9. The molecule has 1 unspecified atom stereocenters. The SMILES string of the molecule is CC1(C)C=CC2=C(N=C3c4ccccc4C4=CC(C)(C)C=CC43)c3ccccc3C2=C1. The molecular formula is C30H27N. The van der Waals surface area contributed by atoms with Gasteiger partial charge in [-0.15, -0.1) is 0 Å². The molecule has 0 amide bonds. The van der Waals surface area contributed by atoms with Gasteiger partial charge in [0.1, 0.15) is 0 Å². The third-order valence-corrected chi connectivity index (χ3v) is 6.84. The van der Waals surface area contributed by atoms with E-state index in [0.29, 0.717) is 0 Å². The van der Waals surface area contributed by atoms with Gasteiger partial charge < -0.3 is 0 Å². The summed E-state index contributed by atoms with van der Waals surface area (Å²) in [5.41, 5.74) is 11.5. The molecule has 0 saturated heterocycles. The third kappa shape index (κ3) is 2.80. The van der Waals surface area contributed by atoms with Crippen LogP contribution in [0.1, 0.15) is 49.9 Å². The summed E-state index contributed by atoms with van der Waals surface area (Å²) in [6.45, 7) is 9.07. The average molecular weight is 402 g/mol. The van der Waals surface area contributed by atoms with E-state index >= 15 is 0 Å². The van der Waals surface area contributed by atoms with Crippen LogP contribution in [-0.2, 0) is 0 Å². The Bertz CT molecular complexity index is 1320. The number of nitrogens with zero attached hydrogens (tertiary/aromatic N) is 1. The van der Waals surface area contributed by atoms with Gasteiger partial charge in [0.2, 0.25) is 0 Å². The van der Waals surface area contributed by atoms with E-state index in [-0.39, 0.29) is 16.7 Å². The van der Waals surface area contributed by atoms with Crippen molar-refractivity contribution >= 4 is 22.6 Å². The van der Waals surface area contributed by atoms with Crippen LogP contribution in [0.15, 0.2) is 95.6 Å². The van der Waals surface area contributed by atoms with Crippen molar-refractivity contribution in [1.82, 2.24) is 0 Å². The lowest BCUT2D eigenvalue weighted by Gasteiger charge is -2.24. The Morgan fingerprint density at radius 2 is 1.35 bits per heavy atom. The molecule has 0 radical (unpaired) electrons. The number of aliphatic imine (C=N–C) groups is 1. The molecule has 0 N–H and O–H groups in total. The van der Waals surface area contributed by atoms with Crippen molar-refractivity contribution in [3.05, 3.63) is 113 Å². The maximum atomic E-state index is 5.43. The molecule has 1 nitrogen and oxygen atoms in total. The van der Waals surface area contributed by atoms with Crippen LogP contribution in [0.2, 0.25) is 0 Å². The van der Waals surface area contributed by atoms with Gasteiger partial charge in [0, 0.05) is 33.4 Å². The summed E-state index contributed by atoms with van der Waals surface area (Å²) in [6, 6.07) is 17.5. The van der Waals surface area contributed by atoms with E-state index in [1.165, 1.54) is 44.7 Å². The molecule has 1 heteroatoms. The van der Waals surface area contributed by atoms with Crippen molar-refractivity contribution in [2.45, 2.75) is 27.7 Å². The molecule has 2 aromatic rings.